The SMILES string of the molecule is Cc1noc2ncnc(NCC(Cc3cccc(F)c3)C(=O)O)c12.O=C(O)C(F)(F)F. The zero-order chi connectivity index (χ0) is 23.2. The number of alkyl halides is 3. The molecule has 0 spiro atoms. The minimum absolute atomic E-state index is 0.128. The van der Waals surface area contributed by atoms with Crippen molar-refractivity contribution >= 4 is 28.9 Å². The van der Waals surface area contributed by atoms with Crippen LogP contribution in [0.5, 0.6) is 0 Å². The van der Waals surface area contributed by atoms with Crippen LogP contribution in [0, 0.1) is 18.7 Å². The molecule has 3 N–H and O–H groups in total. The van der Waals surface area contributed by atoms with Gasteiger partial charge in [-0.3, -0.25) is 4.79 Å². The second kappa shape index (κ2) is 9.82. The summed E-state index contributed by atoms with van der Waals surface area (Å²) in [4.78, 5) is 28.5. The third-order valence-electron chi connectivity index (χ3n) is 3.92. The molecule has 0 aliphatic rings. The highest BCUT2D eigenvalue weighted by molar-refractivity contribution is 5.87. The Kier molecular flexibility index (Phi) is 7.45. The maximum Gasteiger partial charge on any atom is 0.490 e. The highest BCUT2D eigenvalue weighted by Crippen LogP contribution is 2.23. The van der Waals surface area contributed by atoms with Crippen molar-refractivity contribution < 1.29 is 41.9 Å². The summed E-state index contributed by atoms with van der Waals surface area (Å²) in [6, 6.07) is 5.92. The fraction of sp³-hybridized carbons (Fsp3) is 0.278. The van der Waals surface area contributed by atoms with Crippen LogP contribution in [0.15, 0.2) is 35.1 Å². The van der Waals surface area contributed by atoms with E-state index in [0.717, 1.165) is 0 Å². The topological polar surface area (TPSA) is 138 Å². The maximum absolute atomic E-state index is 13.3. The number of aliphatic carboxylic acids is 2. The average Bonchev–Trinajstić information content (AvgIpc) is 3.06. The lowest BCUT2D eigenvalue weighted by Gasteiger charge is -2.14. The zero-order valence-electron chi connectivity index (χ0n) is 15.9. The molecule has 0 radical (unpaired) electrons. The Balaban J connectivity index is 0.000000423. The lowest BCUT2D eigenvalue weighted by Crippen LogP contribution is -2.25. The number of hydrogen-bond acceptors (Lipinski definition) is 7. The molecule has 0 amide bonds. The summed E-state index contributed by atoms with van der Waals surface area (Å²) in [5.41, 5.74) is 1.57. The van der Waals surface area contributed by atoms with Gasteiger partial charge in [0.2, 0.25) is 0 Å². The molecule has 166 valence electrons. The second-order valence-electron chi connectivity index (χ2n) is 6.22. The molecular formula is C18H16F4N4O5. The Morgan fingerprint density at radius 1 is 1.23 bits per heavy atom. The quantitative estimate of drug-likeness (QED) is 0.490. The number of benzene rings is 1. The van der Waals surface area contributed by atoms with Crippen LogP contribution in [0.25, 0.3) is 11.1 Å². The molecule has 13 heteroatoms. The van der Waals surface area contributed by atoms with Gasteiger partial charge in [-0.1, -0.05) is 17.3 Å². The van der Waals surface area contributed by atoms with E-state index in [1.54, 1.807) is 19.1 Å². The van der Waals surface area contributed by atoms with Crippen molar-refractivity contribution in [3.63, 3.8) is 0 Å². The number of carbonyl (C=O) groups is 2. The maximum atomic E-state index is 13.3. The molecule has 3 aromatic rings. The fourth-order valence-electron chi connectivity index (χ4n) is 2.47. The summed E-state index contributed by atoms with van der Waals surface area (Å²) in [6.07, 6.45) is -3.56. The van der Waals surface area contributed by atoms with Crippen LogP contribution in [0.3, 0.4) is 0 Å². The highest BCUT2D eigenvalue weighted by Gasteiger charge is 2.38. The Labute approximate surface area is 171 Å². The molecule has 0 saturated carbocycles. The minimum atomic E-state index is -5.08. The lowest BCUT2D eigenvalue weighted by atomic mass is 9.99. The summed E-state index contributed by atoms with van der Waals surface area (Å²) in [6.45, 7) is 1.88. The van der Waals surface area contributed by atoms with Crippen LogP contribution in [0.4, 0.5) is 23.4 Å². The van der Waals surface area contributed by atoms with Gasteiger partial charge in [-0.2, -0.15) is 18.2 Å². The molecule has 3 rings (SSSR count). The van der Waals surface area contributed by atoms with Crippen molar-refractivity contribution in [2.45, 2.75) is 19.5 Å². The Morgan fingerprint density at radius 2 is 1.90 bits per heavy atom. The van der Waals surface area contributed by atoms with Gasteiger partial charge in [0.05, 0.1) is 11.6 Å². The number of halogens is 4. The molecule has 0 aliphatic carbocycles. The zero-order valence-corrected chi connectivity index (χ0v) is 15.9. The Hall–Kier alpha value is -3.77. The van der Waals surface area contributed by atoms with Gasteiger partial charge < -0.3 is 20.1 Å². The third kappa shape index (κ3) is 6.62. The van der Waals surface area contributed by atoms with Crippen molar-refractivity contribution in [2.75, 3.05) is 11.9 Å². The van der Waals surface area contributed by atoms with Crippen LogP contribution in [-0.4, -0.2) is 50.0 Å². The predicted molar refractivity (Wildman–Crippen MR) is 97.7 cm³/mol. The van der Waals surface area contributed by atoms with Gasteiger partial charge in [0.1, 0.15) is 23.3 Å². The van der Waals surface area contributed by atoms with E-state index >= 15 is 0 Å². The largest absolute Gasteiger partial charge is 0.490 e. The van der Waals surface area contributed by atoms with E-state index in [-0.39, 0.29) is 18.8 Å². The van der Waals surface area contributed by atoms with E-state index in [0.29, 0.717) is 28.2 Å². The summed E-state index contributed by atoms with van der Waals surface area (Å²) in [5.74, 6) is -4.39. The van der Waals surface area contributed by atoms with Crippen molar-refractivity contribution in [2.24, 2.45) is 5.92 Å². The fourth-order valence-corrected chi connectivity index (χ4v) is 2.47. The van der Waals surface area contributed by atoms with Gasteiger partial charge in [-0.15, -0.1) is 0 Å². The molecule has 2 heterocycles. The monoisotopic (exact) mass is 444 g/mol. The van der Waals surface area contributed by atoms with E-state index in [2.05, 4.69) is 20.4 Å². The van der Waals surface area contributed by atoms with Crippen LogP contribution in [0.2, 0.25) is 0 Å². The van der Waals surface area contributed by atoms with E-state index < -0.39 is 24.0 Å². The minimum Gasteiger partial charge on any atom is -0.481 e. The summed E-state index contributed by atoms with van der Waals surface area (Å²) >= 11 is 0. The number of aromatic nitrogens is 3. The molecule has 0 saturated heterocycles. The number of hydrogen-bond donors (Lipinski definition) is 3. The molecule has 1 unspecified atom stereocenters. The summed E-state index contributed by atoms with van der Waals surface area (Å²) in [5, 5.41) is 24.0. The first kappa shape index (κ1) is 23.5. The van der Waals surface area contributed by atoms with Gasteiger partial charge in [-0.25, -0.2) is 14.2 Å². The van der Waals surface area contributed by atoms with Gasteiger partial charge in [0.25, 0.3) is 5.71 Å². The van der Waals surface area contributed by atoms with Crippen LogP contribution < -0.4 is 5.32 Å². The predicted octanol–water partition coefficient (Wildman–Crippen LogP) is 3.05. The standard InChI is InChI=1S/C16H15FN4O3.C2HF3O2/c1-9-13-14(19-8-20-15(13)24-21-9)18-7-11(16(22)23)5-10-3-2-4-12(17)6-10;3-2(4,5)1(6)7/h2-4,6,8,11H,5,7H2,1H3,(H,22,23)(H,18,19,20);(H,6,7). The molecule has 1 atom stereocenters. The first-order chi connectivity index (χ1) is 14.5. The van der Waals surface area contributed by atoms with E-state index in [4.69, 9.17) is 14.4 Å². The average molecular weight is 444 g/mol. The van der Waals surface area contributed by atoms with Gasteiger partial charge >= 0.3 is 18.1 Å². The third-order valence-corrected chi connectivity index (χ3v) is 3.92. The molecule has 0 fully saturated rings. The van der Waals surface area contributed by atoms with Gasteiger partial charge in [0, 0.05) is 6.54 Å². The van der Waals surface area contributed by atoms with E-state index in [9.17, 15) is 27.5 Å². The van der Waals surface area contributed by atoms with Crippen LogP contribution in [0.1, 0.15) is 11.3 Å². The molecule has 2 aromatic heterocycles. The highest BCUT2D eigenvalue weighted by atomic mass is 19.4. The van der Waals surface area contributed by atoms with Crippen LogP contribution in [-0.2, 0) is 16.0 Å². The number of carboxylic acid groups (broad SMARTS) is 2. The van der Waals surface area contributed by atoms with Crippen molar-refractivity contribution in [1.82, 2.24) is 15.1 Å². The molecule has 0 bridgehead atoms. The van der Waals surface area contributed by atoms with E-state index in [1.165, 1.54) is 18.5 Å². The number of nitrogens with zero attached hydrogens (tertiary/aromatic N) is 3. The number of carboxylic acids is 2. The molecule has 0 aliphatic heterocycles. The Morgan fingerprint density at radius 3 is 2.48 bits per heavy atom. The Bertz CT molecular complexity index is 1070. The van der Waals surface area contributed by atoms with Crippen molar-refractivity contribution in [3.8, 4) is 0 Å². The molecular weight excluding hydrogens is 428 g/mol. The van der Waals surface area contributed by atoms with Crippen LogP contribution >= 0.6 is 0 Å². The first-order valence-corrected chi connectivity index (χ1v) is 8.57. The van der Waals surface area contributed by atoms with Gasteiger partial charge in [-0.05, 0) is 31.0 Å². The first-order valence-electron chi connectivity index (χ1n) is 8.57. The lowest BCUT2D eigenvalue weighted by molar-refractivity contribution is -0.192. The smallest absolute Gasteiger partial charge is 0.481 e. The second-order valence-corrected chi connectivity index (χ2v) is 6.22. The molecule has 9 nitrogen and oxygen atoms in total. The normalized spacial score (nSPS) is 12.0. The molecule has 31 heavy (non-hydrogen) atoms. The van der Waals surface area contributed by atoms with Crippen molar-refractivity contribution in [3.05, 3.63) is 47.7 Å². The van der Waals surface area contributed by atoms with Crippen molar-refractivity contribution in [1.29, 1.82) is 0 Å². The summed E-state index contributed by atoms with van der Waals surface area (Å²) in [7, 11) is 0. The number of anilines is 1. The summed E-state index contributed by atoms with van der Waals surface area (Å²) < 4.78 is 50.0. The van der Waals surface area contributed by atoms with E-state index in [1.807, 2.05) is 0 Å². The number of rotatable bonds is 6. The van der Waals surface area contributed by atoms with Gasteiger partial charge in [0.15, 0.2) is 0 Å². The number of nitrogens with one attached hydrogen (secondary N) is 1. The molecule has 1 aromatic carbocycles. The number of fused-ring (bicyclic) bond motifs is 1. The number of aryl methyl sites for hydroxylation is 1.